The van der Waals surface area contributed by atoms with Gasteiger partial charge < -0.3 is 0 Å². The van der Waals surface area contributed by atoms with E-state index in [4.69, 9.17) is 0 Å². The minimum atomic E-state index is -0.428. The van der Waals surface area contributed by atoms with Crippen molar-refractivity contribution in [1.82, 2.24) is 9.78 Å². The maximum atomic E-state index is 11.1. The van der Waals surface area contributed by atoms with Crippen LogP contribution in [0.1, 0.15) is 29.3 Å². The molecular weight excluding hydrogens is 258 g/mol. The number of aromatic nitrogens is 2. The van der Waals surface area contributed by atoms with Gasteiger partial charge in [-0.2, -0.15) is 5.10 Å². The lowest BCUT2D eigenvalue weighted by Gasteiger charge is -2.01. The van der Waals surface area contributed by atoms with Crippen LogP contribution in [0.15, 0.2) is 24.4 Å². The minimum Gasteiger partial charge on any atom is -0.298 e. The standard InChI is InChI=1S/C14H15N3O3/c1-3-6-16-8-12(9-18)14(15-16)11-5-4-10(2)13(7-11)17(19)20/h4-5,7-9H,3,6H2,1-2H3. The Hall–Kier alpha value is -2.50. The van der Waals surface area contributed by atoms with Crippen molar-refractivity contribution in [3.8, 4) is 11.3 Å². The van der Waals surface area contributed by atoms with Gasteiger partial charge in [-0.1, -0.05) is 19.1 Å². The van der Waals surface area contributed by atoms with Gasteiger partial charge in [-0.15, -0.1) is 0 Å². The molecule has 1 aromatic heterocycles. The van der Waals surface area contributed by atoms with Crippen molar-refractivity contribution in [3.05, 3.63) is 45.6 Å². The molecule has 104 valence electrons. The zero-order chi connectivity index (χ0) is 14.7. The fraction of sp³-hybridized carbons (Fsp3) is 0.286. The van der Waals surface area contributed by atoms with Crippen molar-refractivity contribution in [3.63, 3.8) is 0 Å². The highest BCUT2D eigenvalue weighted by atomic mass is 16.6. The van der Waals surface area contributed by atoms with E-state index in [-0.39, 0.29) is 5.69 Å². The SMILES string of the molecule is CCCn1cc(C=O)c(-c2ccc(C)c([N+](=O)[O-])c2)n1. The van der Waals surface area contributed by atoms with Gasteiger partial charge in [-0.3, -0.25) is 19.6 Å². The molecule has 20 heavy (non-hydrogen) atoms. The summed E-state index contributed by atoms with van der Waals surface area (Å²) in [6, 6.07) is 4.87. The maximum Gasteiger partial charge on any atom is 0.272 e. The summed E-state index contributed by atoms with van der Waals surface area (Å²) in [7, 11) is 0. The van der Waals surface area contributed by atoms with Gasteiger partial charge in [0, 0.05) is 29.9 Å². The van der Waals surface area contributed by atoms with Gasteiger partial charge in [0.05, 0.1) is 10.5 Å². The van der Waals surface area contributed by atoms with E-state index in [0.717, 1.165) is 12.7 Å². The molecule has 0 bridgehead atoms. The minimum absolute atomic E-state index is 0.0318. The van der Waals surface area contributed by atoms with Crippen LogP contribution in [0.25, 0.3) is 11.3 Å². The van der Waals surface area contributed by atoms with E-state index in [2.05, 4.69) is 5.10 Å². The number of rotatable bonds is 5. The summed E-state index contributed by atoms with van der Waals surface area (Å²) in [4.78, 5) is 21.7. The second-order valence-corrected chi connectivity index (χ2v) is 4.57. The van der Waals surface area contributed by atoms with Crippen molar-refractivity contribution in [1.29, 1.82) is 0 Å². The molecule has 0 saturated carbocycles. The topological polar surface area (TPSA) is 78.0 Å². The van der Waals surface area contributed by atoms with Gasteiger partial charge in [0.15, 0.2) is 6.29 Å². The molecule has 0 unspecified atom stereocenters. The number of nitro groups is 1. The van der Waals surface area contributed by atoms with Crippen molar-refractivity contribution in [2.75, 3.05) is 0 Å². The lowest BCUT2D eigenvalue weighted by atomic mass is 10.1. The maximum absolute atomic E-state index is 11.1. The third-order valence-corrected chi connectivity index (χ3v) is 3.05. The van der Waals surface area contributed by atoms with Gasteiger partial charge in [-0.05, 0) is 13.3 Å². The molecule has 1 aromatic carbocycles. The van der Waals surface area contributed by atoms with E-state index in [9.17, 15) is 14.9 Å². The molecule has 6 heteroatoms. The number of nitrogens with zero attached hydrogens (tertiary/aromatic N) is 3. The molecule has 0 fully saturated rings. The molecule has 0 amide bonds. The van der Waals surface area contributed by atoms with Crippen LogP contribution in [-0.4, -0.2) is 21.0 Å². The Morgan fingerprint density at radius 3 is 2.80 bits per heavy atom. The van der Waals surface area contributed by atoms with Crippen molar-refractivity contribution in [2.45, 2.75) is 26.8 Å². The largest absolute Gasteiger partial charge is 0.298 e. The predicted molar refractivity (Wildman–Crippen MR) is 74.7 cm³/mol. The zero-order valence-corrected chi connectivity index (χ0v) is 11.4. The first kappa shape index (κ1) is 13.9. The summed E-state index contributed by atoms with van der Waals surface area (Å²) in [5.74, 6) is 0. The highest BCUT2D eigenvalue weighted by Gasteiger charge is 2.16. The fourth-order valence-corrected chi connectivity index (χ4v) is 2.04. The van der Waals surface area contributed by atoms with Crippen molar-refractivity contribution in [2.24, 2.45) is 0 Å². The number of aryl methyl sites for hydroxylation is 2. The van der Waals surface area contributed by atoms with Crippen LogP contribution in [0.5, 0.6) is 0 Å². The number of carbonyl (C=O) groups excluding carboxylic acids is 1. The molecule has 6 nitrogen and oxygen atoms in total. The third-order valence-electron chi connectivity index (χ3n) is 3.05. The molecule has 0 saturated heterocycles. The van der Waals surface area contributed by atoms with Crippen molar-refractivity contribution >= 4 is 12.0 Å². The first-order chi connectivity index (χ1) is 9.56. The van der Waals surface area contributed by atoms with E-state index in [0.29, 0.717) is 28.9 Å². The predicted octanol–water partition coefficient (Wildman–Crippen LogP) is 2.99. The summed E-state index contributed by atoms with van der Waals surface area (Å²) in [5.41, 5.74) is 2.12. The number of hydrogen-bond donors (Lipinski definition) is 0. The molecule has 0 aliphatic carbocycles. The zero-order valence-electron chi connectivity index (χ0n) is 11.4. The highest BCUT2D eigenvalue weighted by Crippen LogP contribution is 2.27. The molecular formula is C14H15N3O3. The summed E-state index contributed by atoms with van der Waals surface area (Å²) >= 11 is 0. The van der Waals surface area contributed by atoms with Crippen LogP contribution < -0.4 is 0 Å². The van der Waals surface area contributed by atoms with E-state index in [1.54, 1.807) is 29.9 Å². The Labute approximate surface area is 116 Å². The van der Waals surface area contributed by atoms with Gasteiger partial charge >= 0.3 is 0 Å². The van der Waals surface area contributed by atoms with E-state index in [1.165, 1.54) is 6.07 Å². The Bertz CT molecular complexity index is 662. The number of benzene rings is 1. The van der Waals surface area contributed by atoms with Crippen molar-refractivity contribution < 1.29 is 9.72 Å². The molecule has 0 N–H and O–H groups in total. The second kappa shape index (κ2) is 5.64. The fourth-order valence-electron chi connectivity index (χ4n) is 2.04. The van der Waals surface area contributed by atoms with Gasteiger partial charge in [-0.25, -0.2) is 0 Å². The summed E-state index contributed by atoms with van der Waals surface area (Å²) in [6.07, 6.45) is 3.28. The van der Waals surface area contributed by atoms with E-state index >= 15 is 0 Å². The Kier molecular flexibility index (Phi) is 3.93. The second-order valence-electron chi connectivity index (χ2n) is 4.57. The third kappa shape index (κ3) is 2.59. The number of hydrogen-bond acceptors (Lipinski definition) is 4. The molecule has 2 aromatic rings. The van der Waals surface area contributed by atoms with Crippen LogP contribution in [0.3, 0.4) is 0 Å². The van der Waals surface area contributed by atoms with Crippen LogP contribution in [0.2, 0.25) is 0 Å². The first-order valence-corrected chi connectivity index (χ1v) is 6.34. The molecule has 2 rings (SSSR count). The lowest BCUT2D eigenvalue weighted by Crippen LogP contribution is -1.97. The molecule has 1 heterocycles. The Morgan fingerprint density at radius 2 is 2.20 bits per heavy atom. The van der Waals surface area contributed by atoms with Gasteiger partial charge in [0.2, 0.25) is 0 Å². The average Bonchev–Trinajstić information content (AvgIpc) is 2.82. The Balaban J connectivity index is 2.53. The Morgan fingerprint density at radius 1 is 1.45 bits per heavy atom. The smallest absolute Gasteiger partial charge is 0.272 e. The van der Waals surface area contributed by atoms with E-state index in [1.807, 2.05) is 6.92 Å². The molecule has 0 radical (unpaired) electrons. The molecule has 0 aliphatic heterocycles. The van der Waals surface area contributed by atoms with Crippen LogP contribution >= 0.6 is 0 Å². The van der Waals surface area contributed by atoms with Crippen LogP contribution in [0, 0.1) is 17.0 Å². The first-order valence-electron chi connectivity index (χ1n) is 6.34. The molecule has 0 atom stereocenters. The number of nitro benzene ring substituents is 1. The number of aldehydes is 1. The highest BCUT2D eigenvalue weighted by molar-refractivity contribution is 5.85. The van der Waals surface area contributed by atoms with Gasteiger partial charge in [0.1, 0.15) is 5.69 Å². The molecule has 0 aliphatic rings. The quantitative estimate of drug-likeness (QED) is 0.476. The summed E-state index contributed by atoms with van der Waals surface area (Å²) < 4.78 is 1.69. The average molecular weight is 273 g/mol. The lowest BCUT2D eigenvalue weighted by molar-refractivity contribution is -0.385. The number of carbonyl (C=O) groups is 1. The normalized spacial score (nSPS) is 10.5. The summed E-state index contributed by atoms with van der Waals surface area (Å²) in [5, 5.41) is 15.3. The van der Waals surface area contributed by atoms with Crippen LogP contribution in [0.4, 0.5) is 5.69 Å². The summed E-state index contributed by atoms with van der Waals surface area (Å²) in [6.45, 7) is 4.39. The van der Waals surface area contributed by atoms with Crippen LogP contribution in [-0.2, 0) is 6.54 Å². The molecule has 0 spiro atoms. The van der Waals surface area contributed by atoms with Gasteiger partial charge in [0.25, 0.3) is 5.69 Å². The monoisotopic (exact) mass is 273 g/mol. The van der Waals surface area contributed by atoms with E-state index < -0.39 is 4.92 Å².